The molecule has 1 aromatic carbocycles. The van der Waals surface area contributed by atoms with Crippen LogP contribution < -0.4 is 21.7 Å². The van der Waals surface area contributed by atoms with Gasteiger partial charge in [0.15, 0.2) is 0 Å². The summed E-state index contributed by atoms with van der Waals surface area (Å²) in [5.41, 5.74) is 6.58. The van der Waals surface area contributed by atoms with E-state index < -0.39 is 6.03 Å². The van der Waals surface area contributed by atoms with Gasteiger partial charge in [-0.05, 0) is 43.1 Å². The Kier molecular flexibility index (Phi) is 5.57. The molecule has 0 spiro atoms. The van der Waals surface area contributed by atoms with Crippen LogP contribution in [-0.4, -0.2) is 31.1 Å². The molecule has 6 nitrogen and oxygen atoms in total. The third-order valence-corrected chi connectivity index (χ3v) is 5.39. The van der Waals surface area contributed by atoms with Crippen molar-refractivity contribution in [1.29, 1.82) is 0 Å². The molecule has 8 heteroatoms. The quantitative estimate of drug-likeness (QED) is 0.658. The lowest BCUT2D eigenvalue weighted by Gasteiger charge is -2.23. The minimum absolute atomic E-state index is 0.0868. The van der Waals surface area contributed by atoms with E-state index in [9.17, 15) is 9.59 Å². The number of urea groups is 1. The predicted octanol–water partition coefficient (Wildman–Crippen LogP) is 3.04. The molecule has 2 aromatic rings. The minimum atomic E-state index is -0.700. The molecular formula is C17H19ClN4O2S. The van der Waals surface area contributed by atoms with Crippen LogP contribution in [0.25, 0.3) is 10.4 Å². The van der Waals surface area contributed by atoms with E-state index in [4.69, 9.17) is 17.3 Å². The Labute approximate surface area is 154 Å². The molecule has 0 radical (unpaired) electrons. The smallest absolute Gasteiger partial charge is 0.316 e. The summed E-state index contributed by atoms with van der Waals surface area (Å²) in [5, 5.41) is 9.46. The Morgan fingerprint density at radius 3 is 2.68 bits per heavy atom. The molecule has 1 fully saturated rings. The van der Waals surface area contributed by atoms with E-state index in [0.717, 1.165) is 36.4 Å². The van der Waals surface area contributed by atoms with Crippen molar-refractivity contribution in [2.45, 2.75) is 18.9 Å². The Balaban J connectivity index is 1.86. The monoisotopic (exact) mass is 378 g/mol. The molecule has 5 N–H and O–H groups in total. The van der Waals surface area contributed by atoms with Gasteiger partial charge in [0.25, 0.3) is 5.91 Å². The zero-order chi connectivity index (χ0) is 17.8. The number of thiophene rings is 1. The van der Waals surface area contributed by atoms with Gasteiger partial charge in [-0.25, -0.2) is 4.79 Å². The maximum absolute atomic E-state index is 12.7. The van der Waals surface area contributed by atoms with Gasteiger partial charge in [0.2, 0.25) is 0 Å². The fourth-order valence-corrected chi connectivity index (χ4v) is 3.92. The molecule has 3 amide bonds. The number of piperidine rings is 1. The zero-order valence-corrected chi connectivity index (χ0v) is 15.0. The van der Waals surface area contributed by atoms with Crippen molar-refractivity contribution in [1.82, 2.24) is 10.6 Å². The van der Waals surface area contributed by atoms with Crippen molar-refractivity contribution in [2.75, 3.05) is 18.4 Å². The van der Waals surface area contributed by atoms with E-state index in [0.29, 0.717) is 15.6 Å². The summed E-state index contributed by atoms with van der Waals surface area (Å²) < 4.78 is 0. The van der Waals surface area contributed by atoms with Crippen LogP contribution in [0, 0.1) is 0 Å². The van der Waals surface area contributed by atoms with Gasteiger partial charge in [-0.2, -0.15) is 0 Å². The second-order valence-corrected chi connectivity index (χ2v) is 7.35. The lowest BCUT2D eigenvalue weighted by molar-refractivity contribution is 0.0935. The van der Waals surface area contributed by atoms with Crippen molar-refractivity contribution in [3.63, 3.8) is 0 Å². The highest BCUT2D eigenvalue weighted by molar-refractivity contribution is 7.18. The number of anilines is 1. The third kappa shape index (κ3) is 4.50. The number of carbonyl (C=O) groups excluding carboxylic acids is 2. The maximum Gasteiger partial charge on any atom is 0.316 e. The Morgan fingerprint density at radius 2 is 2.04 bits per heavy atom. The Hall–Kier alpha value is -2.09. The highest BCUT2D eigenvalue weighted by atomic mass is 35.5. The molecule has 1 aliphatic rings. The molecule has 25 heavy (non-hydrogen) atoms. The number of nitrogens with one attached hydrogen (secondary N) is 3. The van der Waals surface area contributed by atoms with Gasteiger partial charge in [-0.3, -0.25) is 4.79 Å². The number of amides is 3. The number of hydrogen-bond acceptors (Lipinski definition) is 4. The number of rotatable bonds is 4. The van der Waals surface area contributed by atoms with Gasteiger partial charge < -0.3 is 21.7 Å². The SMILES string of the molecule is NC(=O)Nc1cc(-c2ccc(Cl)cc2)sc1C(=O)N[C@H]1CCCNC1. The zero-order valence-electron chi connectivity index (χ0n) is 13.5. The average Bonchev–Trinajstić information content (AvgIpc) is 2.99. The highest BCUT2D eigenvalue weighted by Gasteiger charge is 2.22. The first-order chi connectivity index (χ1) is 12.0. The molecule has 0 unspecified atom stereocenters. The van der Waals surface area contributed by atoms with Crippen molar-refractivity contribution >= 4 is 40.6 Å². The van der Waals surface area contributed by atoms with Gasteiger partial charge in [0.1, 0.15) is 4.88 Å². The van der Waals surface area contributed by atoms with E-state index in [1.54, 1.807) is 18.2 Å². The van der Waals surface area contributed by atoms with Gasteiger partial charge in [-0.1, -0.05) is 23.7 Å². The second-order valence-electron chi connectivity index (χ2n) is 5.87. The van der Waals surface area contributed by atoms with E-state index in [-0.39, 0.29) is 11.9 Å². The van der Waals surface area contributed by atoms with Crippen LogP contribution in [0.5, 0.6) is 0 Å². The number of hydrogen-bond donors (Lipinski definition) is 4. The van der Waals surface area contributed by atoms with Gasteiger partial charge in [-0.15, -0.1) is 11.3 Å². The number of primary amides is 1. The van der Waals surface area contributed by atoms with Crippen LogP contribution in [0.15, 0.2) is 30.3 Å². The summed E-state index contributed by atoms with van der Waals surface area (Å²) in [4.78, 5) is 25.2. The molecule has 132 valence electrons. The normalized spacial score (nSPS) is 17.1. The van der Waals surface area contributed by atoms with E-state index in [1.165, 1.54) is 11.3 Å². The van der Waals surface area contributed by atoms with Crippen LogP contribution in [0.4, 0.5) is 10.5 Å². The summed E-state index contributed by atoms with van der Waals surface area (Å²) in [6.07, 6.45) is 1.96. The summed E-state index contributed by atoms with van der Waals surface area (Å²) in [5.74, 6) is -0.206. The summed E-state index contributed by atoms with van der Waals surface area (Å²) in [7, 11) is 0. The Bertz CT molecular complexity index is 769. The van der Waals surface area contributed by atoms with E-state index >= 15 is 0 Å². The first-order valence-corrected chi connectivity index (χ1v) is 9.20. The standard InChI is InChI=1S/C17H19ClN4O2S/c18-11-5-3-10(4-6-11)14-8-13(22-17(19)24)15(25-14)16(23)21-12-2-1-7-20-9-12/h3-6,8,12,20H,1-2,7,9H2,(H,21,23)(H3,19,22,24)/t12-/m0/s1. The van der Waals surface area contributed by atoms with Gasteiger partial charge in [0.05, 0.1) is 5.69 Å². The first kappa shape index (κ1) is 17.7. The molecule has 0 bridgehead atoms. The Morgan fingerprint density at radius 1 is 1.28 bits per heavy atom. The van der Waals surface area contributed by atoms with Crippen molar-refractivity contribution in [3.8, 4) is 10.4 Å². The molecular weight excluding hydrogens is 360 g/mol. The molecule has 2 heterocycles. The fraction of sp³-hybridized carbons (Fsp3) is 0.294. The van der Waals surface area contributed by atoms with Gasteiger partial charge in [0, 0.05) is 22.5 Å². The lowest BCUT2D eigenvalue weighted by Crippen LogP contribution is -2.45. The number of carbonyl (C=O) groups is 2. The van der Waals surface area contributed by atoms with Crippen molar-refractivity contribution in [2.24, 2.45) is 5.73 Å². The third-order valence-electron chi connectivity index (χ3n) is 3.96. The van der Waals surface area contributed by atoms with E-state index in [1.807, 2.05) is 12.1 Å². The van der Waals surface area contributed by atoms with Crippen LogP contribution in [0.1, 0.15) is 22.5 Å². The lowest BCUT2D eigenvalue weighted by atomic mass is 10.1. The van der Waals surface area contributed by atoms with Crippen LogP contribution >= 0.6 is 22.9 Å². The largest absolute Gasteiger partial charge is 0.351 e. The highest BCUT2D eigenvalue weighted by Crippen LogP contribution is 2.35. The first-order valence-electron chi connectivity index (χ1n) is 8.01. The number of benzene rings is 1. The number of halogens is 1. The van der Waals surface area contributed by atoms with Crippen molar-refractivity contribution < 1.29 is 9.59 Å². The number of nitrogens with two attached hydrogens (primary N) is 1. The fourth-order valence-electron chi connectivity index (χ4n) is 2.77. The molecule has 3 rings (SSSR count). The predicted molar refractivity (Wildman–Crippen MR) is 101 cm³/mol. The van der Waals surface area contributed by atoms with Crippen LogP contribution in [0.3, 0.4) is 0 Å². The summed E-state index contributed by atoms with van der Waals surface area (Å²) in [6, 6.07) is 8.45. The van der Waals surface area contributed by atoms with E-state index in [2.05, 4.69) is 16.0 Å². The molecule has 0 saturated carbocycles. The topological polar surface area (TPSA) is 96.2 Å². The molecule has 1 saturated heterocycles. The van der Waals surface area contributed by atoms with Gasteiger partial charge >= 0.3 is 6.03 Å². The molecule has 1 atom stereocenters. The van der Waals surface area contributed by atoms with Crippen LogP contribution in [0.2, 0.25) is 5.02 Å². The minimum Gasteiger partial charge on any atom is -0.351 e. The maximum atomic E-state index is 12.7. The van der Waals surface area contributed by atoms with Crippen LogP contribution in [-0.2, 0) is 0 Å². The van der Waals surface area contributed by atoms with Crippen molar-refractivity contribution in [3.05, 3.63) is 40.2 Å². The second kappa shape index (κ2) is 7.86. The average molecular weight is 379 g/mol. The molecule has 1 aliphatic heterocycles. The summed E-state index contributed by atoms with van der Waals surface area (Å²) in [6.45, 7) is 1.72. The molecule has 1 aromatic heterocycles. The summed E-state index contributed by atoms with van der Waals surface area (Å²) >= 11 is 7.23. The molecule has 0 aliphatic carbocycles.